The average molecular weight is 305 g/mol. The molecule has 0 N–H and O–H groups in total. The fourth-order valence-electron chi connectivity index (χ4n) is 1.98. The van der Waals surface area contributed by atoms with Gasteiger partial charge < -0.3 is 0 Å². The van der Waals surface area contributed by atoms with Gasteiger partial charge in [0, 0.05) is 21.2 Å². The number of benzene rings is 1. The van der Waals surface area contributed by atoms with E-state index in [1.54, 1.807) is 0 Å². The van der Waals surface area contributed by atoms with E-state index in [2.05, 4.69) is 22.0 Å². The third kappa shape index (κ3) is 3.26. The lowest BCUT2D eigenvalue weighted by molar-refractivity contribution is -0.683. The smallest absolute Gasteiger partial charge is 0.227 e. The fourth-order valence-corrected chi connectivity index (χ4v) is 2.24. The van der Waals surface area contributed by atoms with Crippen LogP contribution >= 0.6 is 15.9 Å². The summed E-state index contributed by atoms with van der Waals surface area (Å²) in [5, 5.41) is 0. The highest BCUT2D eigenvalue weighted by Gasteiger charge is 2.12. The summed E-state index contributed by atoms with van der Waals surface area (Å²) in [5.41, 5.74) is 3.07. The van der Waals surface area contributed by atoms with Crippen molar-refractivity contribution in [2.45, 2.75) is 20.4 Å². The summed E-state index contributed by atoms with van der Waals surface area (Å²) in [7, 11) is 0. The lowest BCUT2D eigenvalue weighted by Crippen LogP contribution is -2.38. The molecule has 0 atom stereocenters. The Labute approximate surface area is 115 Å². The normalized spacial score (nSPS) is 10.4. The van der Waals surface area contributed by atoms with E-state index in [1.165, 1.54) is 11.1 Å². The molecule has 1 aromatic carbocycles. The molecule has 3 heteroatoms. The van der Waals surface area contributed by atoms with E-state index in [9.17, 15) is 4.79 Å². The maximum Gasteiger partial charge on any atom is 0.227 e. The van der Waals surface area contributed by atoms with Crippen LogP contribution in [0.4, 0.5) is 0 Å². The second-order valence-corrected chi connectivity index (χ2v) is 5.41. The number of ketones is 1. The van der Waals surface area contributed by atoms with Crippen molar-refractivity contribution in [3.63, 3.8) is 0 Å². The zero-order chi connectivity index (χ0) is 13.1. The molecule has 2 aromatic rings. The summed E-state index contributed by atoms with van der Waals surface area (Å²) < 4.78 is 2.92. The number of aromatic nitrogens is 1. The Morgan fingerprint density at radius 1 is 1.11 bits per heavy atom. The van der Waals surface area contributed by atoms with E-state index in [0.717, 1.165) is 10.0 Å². The van der Waals surface area contributed by atoms with Crippen molar-refractivity contribution in [3.8, 4) is 0 Å². The van der Waals surface area contributed by atoms with Gasteiger partial charge in [-0.3, -0.25) is 4.79 Å². The minimum Gasteiger partial charge on any atom is -0.287 e. The second kappa shape index (κ2) is 5.44. The SMILES string of the molecule is Cc1cc(C)c[n+](CC(=O)c2ccc(Br)cc2)c1. The van der Waals surface area contributed by atoms with E-state index in [-0.39, 0.29) is 5.78 Å². The first kappa shape index (κ1) is 13.0. The number of hydrogen-bond donors (Lipinski definition) is 0. The number of nitrogens with zero attached hydrogens (tertiary/aromatic N) is 1. The lowest BCUT2D eigenvalue weighted by Gasteiger charge is -2.00. The molecule has 0 bridgehead atoms. The van der Waals surface area contributed by atoms with Gasteiger partial charge in [0.15, 0.2) is 12.4 Å². The number of carbonyl (C=O) groups is 1. The molecule has 92 valence electrons. The maximum absolute atomic E-state index is 12.1. The zero-order valence-corrected chi connectivity index (χ0v) is 12.1. The lowest BCUT2D eigenvalue weighted by atomic mass is 10.1. The Balaban J connectivity index is 2.18. The predicted octanol–water partition coefficient (Wildman–Crippen LogP) is 3.24. The highest BCUT2D eigenvalue weighted by Crippen LogP contribution is 2.11. The van der Waals surface area contributed by atoms with Gasteiger partial charge in [0.25, 0.3) is 0 Å². The number of hydrogen-bond acceptors (Lipinski definition) is 1. The van der Waals surface area contributed by atoms with E-state index < -0.39 is 0 Å². The number of pyridine rings is 1. The molecule has 0 spiro atoms. The van der Waals surface area contributed by atoms with Gasteiger partial charge in [-0.1, -0.05) is 28.1 Å². The predicted molar refractivity (Wildman–Crippen MR) is 74.6 cm³/mol. The molecule has 0 radical (unpaired) electrons. The van der Waals surface area contributed by atoms with Gasteiger partial charge in [0.05, 0.1) is 0 Å². The Hall–Kier alpha value is -1.48. The molecule has 0 unspecified atom stereocenters. The standard InChI is InChI=1S/C15H15BrNO/c1-11-7-12(2)9-17(8-11)10-15(18)13-3-5-14(16)6-4-13/h3-9H,10H2,1-2H3/q+1. The van der Waals surface area contributed by atoms with E-state index in [4.69, 9.17) is 0 Å². The highest BCUT2D eigenvalue weighted by atomic mass is 79.9. The third-order valence-electron chi connectivity index (χ3n) is 2.69. The molecule has 0 aliphatic carbocycles. The molecule has 0 amide bonds. The Bertz CT molecular complexity index is 555. The quantitative estimate of drug-likeness (QED) is 0.630. The number of carbonyl (C=O) groups excluding carboxylic acids is 1. The van der Waals surface area contributed by atoms with Gasteiger partial charge in [-0.15, -0.1) is 0 Å². The number of aryl methyl sites for hydroxylation is 2. The largest absolute Gasteiger partial charge is 0.287 e. The van der Waals surface area contributed by atoms with Gasteiger partial charge in [0.2, 0.25) is 12.3 Å². The third-order valence-corrected chi connectivity index (χ3v) is 3.22. The summed E-state index contributed by atoms with van der Waals surface area (Å²) in [6.07, 6.45) is 3.98. The molecule has 1 heterocycles. The zero-order valence-electron chi connectivity index (χ0n) is 10.5. The topological polar surface area (TPSA) is 20.9 Å². The summed E-state index contributed by atoms with van der Waals surface area (Å²) in [6, 6.07) is 9.56. The highest BCUT2D eigenvalue weighted by molar-refractivity contribution is 9.10. The van der Waals surface area contributed by atoms with Crippen LogP contribution in [0.15, 0.2) is 47.2 Å². The molecule has 0 fully saturated rings. The Morgan fingerprint density at radius 2 is 1.67 bits per heavy atom. The van der Waals surface area contributed by atoms with E-state index >= 15 is 0 Å². The average Bonchev–Trinajstić information content (AvgIpc) is 2.28. The summed E-state index contributed by atoms with van der Waals surface area (Å²) in [6.45, 7) is 4.45. The van der Waals surface area contributed by atoms with Gasteiger partial charge in [0.1, 0.15) is 0 Å². The van der Waals surface area contributed by atoms with Gasteiger partial charge in [-0.05, 0) is 32.0 Å². The molecule has 0 aliphatic rings. The first-order valence-corrected chi connectivity index (χ1v) is 6.60. The molecule has 0 saturated heterocycles. The van der Waals surface area contributed by atoms with Crippen LogP contribution in [-0.4, -0.2) is 5.78 Å². The molecule has 2 rings (SSSR count). The number of Topliss-reactive ketones (excluding diaryl/α,β-unsaturated/α-hetero) is 1. The van der Waals surface area contributed by atoms with Crippen molar-refractivity contribution in [1.82, 2.24) is 0 Å². The van der Waals surface area contributed by atoms with Crippen LogP contribution in [0.5, 0.6) is 0 Å². The minimum atomic E-state index is 0.123. The van der Waals surface area contributed by atoms with Gasteiger partial charge in [-0.25, -0.2) is 0 Å². The van der Waals surface area contributed by atoms with Crippen molar-refractivity contribution < 1.29 is 9.36 Å². The molecule has 0 saturated carbocycles. The summed E-state index contributed by atoms with van der Waals surface area (Å²) in [5.74, 6) is 0.123. The summed E-state index contributed by atoms with van der Waals surface area (Å²) in [4.78, 5) is 12.1. The summed E-state index contributed by atoms with van der Waals surface area (Å²) >= 11 is 3.36. The molecule has 0 aliphatic heterocycles. The number of halogens is 1. The van der Waals surface area contributed by atoms with Crippen LogP contribution in [0.3, 0.4) is 0 Å². The second-order valence-electron chi connectivity index (χ2n) is 4.49. The molecular weight excluding hydrogens is 290 g/mol. The van der Waals surface area contributed by atoms with Crippen molar-refractivity contribution >= 4 is 21.7 Å². The van der Waals surface area contributed by atoms with Crippen molar-refractivity contribution in [3.05, 3.63) is 63.9 Å². The van der Waals surface area contributed by atoms with Crippen LogP contribution in [-0.2, 0) is 6.54 Å². The van der Waals surface area contributed by atoms with E-state index in [1.807, 2.05) is 55.1 Å². The molecule has 18 heavy (non-hydrogen) atoms. The maximum atomic E-state index is 12.1. The monoisotopic (exact) mass is 304 g/mol. The van der Waals surface area contributed by atoms with Crippen LogP contribution in [0.2, 0.25) is 0 Å². The van der Waals surface area contributed by atoms with Gasteiger partial charge in [-0.2, -0.15) is 4.57 Å². The Kier molecular flexibility index (Phi) is 3.92. The molecule has 2 nitrogen and oxygen atoms in total. The minimum absolute atomic E-state index is 0.123. The van der Waals surface area contributed by atoms with Crippen molar-refractivity contribution in [1.29, 1.82) is 0 Å². The van der Waals surface area contributed by atoms with Gasteiger partial charge >= 0.3 is 0 Å². The first-order chi connectivity index (χ1) is 8.54. The first-order valence-electron chi connectivity index (χ1n) is 5.81. The molecule has 1 aromatic heterocycles. The molecular formula is C15H15BrNO+. The van der Waals surface area contributed by atoms with E-state index in [0.29, 0.717) is 6.54 Å². The van der Waals surface area contributed by atoms with Crippen LogP contribution < -0.4 is 4.57 Å². The number of rotatable bonds is 3. The van der Waals surface area contributed by atoms with Crippen LogP contribution in [0.25, 0.3) is 0 Å². The van der Waals surface area contributed by atoms with Crippen LogP contribution in [0, 0.1) is 13.8 Å². The van der Waals surface area contributed by atoms with Crippen molar-refractivity contribution in [2.24, 2.45) is 0 Å². The van der Waals surface area contributed by atoms with Crippen LogP contribution in [0.1, 0.15) is 21.5 Å². The Morgan fingerprint density at radius 3 is 2.22 bits per heavy atom. The van der Waals surface area contributed by atoms with Crippen molar-refractivity contribution in [2.75, 3.05) is 0 Å². The fraction of sp³-hybridized carbons (Fsp3) is 0.200.